The summed E-state index contributed by atoms with van der Waals surface area (Å²) in [5.74, 6) is -0.209. The van der Waals surface area contributed by atoms with Gasteiger partial charge in [-0.05, 0) is 56.8 Å². The van der Waals surface area contributed by atoms with Crippen molar-refractivity contribution in [3.05, 3.63) is 44.8 Å². The molecule has 1 fully saturated rings. The van der Waals surface area contributed by atoms with Crippen LogP contribution in [0.3, 0.4) is 0 Å². The zero-order valence-electron chi connectivity index (χ0n) is 16.2. The van der Waals surface area contributed by atoms with Gasteiger partial charge in [-0.1, -0.05) is 15.9 Å². The third-order valence-corrected chi connectivity index (χ3v) is 5.37. The van der Waals surface area contributed by atoms with E-state index in [0.717, 1.165) is 28.5 Å². The Kier molecular flexibility index (Phi) is 5.74. The molecule has 0 unspecified atom stereocenters. The molecular formula is C20H26BrN3O3. The van der Waals surface area contributed by atoms with Gasteiger partial charge < -0.3 is 9.82 Å². The first kappa shape index (κ1) is 20.0. The van der Waals surface area contributed by atoms with Crippen molar-refractivity contribution < 1.29 is 9.63 Å². The quantitative estimate of drug-likeness (QED) is 0.800. The standard InChI is InChI=1S/C20H26BrN3O3/c1-13-11-24(27-19(26)20(2,3)4)8-7-23(13)12-14-10-22-18(25)16-6-5-15(21)9-17(14)16/h5-6,9-10,13H,7-8,11-12H2,1-4H3,(H,22,25)/t13-/m1/s1. The van der Waals surface area contributed by atoms with Gasteiger partial charge in [-0.3, -0.25) is 9.69 Å². The highest BCUT2D eigenvalue weighted by atomic mass is 79.9. The average molecular weight is 436 g/mol. The van der Waals surface area contributed by atoms with Crippen molar-refractivity contribution in [3.8, 4) is 0 Å². The minimum atomic E-state index is -0.511. The average Bonchev–Trinajstić information content (AvgIpc) is 2.58. The van der Waals surface area contributed by atoms with Crippen molar-refractivity contribution in [2.75, 3.05) is 19.6 Å². The second kappa shape index (κ2) is 7.73. The van der Waals surface area contributed by atoms with Gasteiger partial charge in [0.25, 0.3) is 5.56 Å². The van der Waals surface area contributed by atoms with Crippen LogP contribution in [-0.4, -0.2) is 46.6 Å². The molecule has 0 saturated carbocycles. The highest BCUT2D eigenvalue weighted by Crippen LogP contribution is 2.23. The van der Waals surface area contributed by atoms with E-state index in [9.17, 15) is 9.59 Å². The molecule has 0 radical (unpaired) electrons. The molecular weight excluding hydrogens is 410 g/mol. The number of benzene rings is 1. The normalized spacial score (nSPS) is 19.4. The van der Waals surface area contributed by atoms with Gasteiger partial charge in [0, 0.05) is 41.7 Å². The Morgan fingerprint density at radius 3 is 2.70 bits per heavy atom. The number of pyridine rings is 1. The van der Waals surface area contributed by atoms with Gasteiger partial charge in [-0.15, -0.1) is 5.06 Å². The molecule has 27 heavy (non-hydrogen) atoms. The Morgan fingerprint density at radius 1 is 1.30 bits per heavy atom. The number of nitrogens with one attached hydrogen (secondary N) is 1. The SMILES string of the molecule is C[C@@H]1CN(OC(=O)C(C)(C)C)CCN1Cc1c[nH]c(=O)c2ccc(Br)cc12. The summed E-state index contributed by atoms with van der Waals surface area (Å²) in [5.41, 5.74) is 0.494. The van der Waals surface area contributed by atoms with Crippen LogP contribution in [0.4, 0.5) is 0 Å². The minimum absolute atomic E-state index is 0.0757. The highest BCUT2D eigenvalue weighted by molar-refractivity contribution is 9.10. The molecule has 0 aliphatic carbocycles. The van der Waals surface area contributed by atoms with Crippen LogP contribution in [0.15, 0.2) is 33.7 Å². The van der Waals surface area contributed by atoms with Gasteiger partial charge in [-0.25, -0.2) is 4.79 Å². The lowest BCUT2D eigenvalue weighted by molar-refractivity contribution is -0.211. The van der Waals surface area contributed by atoms with Crippen LogP contribution < -0.4 is 5.56 Å². The third kappa shape index (κ3) is 4.59. The van der Waals surface area contributed by atoms with Gasteiger partial charge in [0.05, 0.1) is 12.0 Å². The number of rotatable bonds is 3. The lowest BCUT2D eigenvalue weighted by Gasteiger charge is -2.39. The maximum absolute atomic E-state index is 12.1. The molecule has 1 atom stereocenters. The number of hydroxylamine groups is 2. The van der Waals surface area contributed by atoms with E-state index in [2.05, 4.69) is 32.7 Å². The highest BCUT2D eigenvalue weighted by Gasteiger charge is 2.30. The van der Waals surface area contributed by atoms with E-state index in [-0.39, 0.29) is 17.6 Å². The van der Waals surface area contributed by atoms with E-state index < -0.39 is 5.41 Å². The van der Waals surface area contributed by atoms with Crippen LogP contribution in [0.2, 0.25) is 0 Å². The molecule has 0 spiro atoms. The summed E-state index contributed by atoms with van der Waals surface area (Å²) >= 11 is 3.49. The Hall–Kier alpha value is -1.70. The first-order chi connectivity index (χ1) is 12.6. The number of carbonyl (C=O) groups excluding carboxylic acids is 1. The van der Waals surface area contributed by atoms with Crippen molar-refractivity contribution in [1.29, 1.82) is 0 Å². The van der Waals surface area contributed by atoms with Crippen LogP contribution >= 0.6 is 15.9 Å². The molecule has 6 nitrogen and oxygen atoms in total. The summed E-state index contributed by atoms with van der Waals surface area (Å²) in [5, 5.41) is 3.42. The number of hydrogen-bond acceptors (Lipinski definition) is 5. The molecule has 1 aromatic heterocycles. The summed E-state index contributed by atoms with van der Waals surface area (Å²) in [6.45, 7) is 10.5. The predicted octanol–water partition coefficient (Wildman–Crippen LogP) is 3.30. The molecule has 3 rings (SSSR count). The second-order valence-electron chi connectivity index (χ2n) is 8.17. The number of nitrogens with zero attached hydrogens (tertiary/aromatic N) is 2. The topological polar surface area (TPSA) is 65.6 Å². The molecule has 1 aromatic carbocycles. The molecule has 1 aliphatic heterocycles. The van der Waals surface area contributed by atoms with Gasteiger partial charge >= 0.3 is 5.97 Å². The van der Waals surface area contributed by atoms with Gasteiger partial charge in [0.2, 0.25) is 0 Å². The van der Waals surface area contributed by atoms with Crippen LogP contribution in [0.25, 0.3) is 10.8 Å². The van der Waals surface area contributed by atoms with Crippen LogP contribution in [-0.2, 0) is 16.2 Å². The van der Waals surface area contributed by atoms with Gasteiger partial charge in [0.15, 0.2) is 0 Å². The number of hydrogen-bond donors (Lipinski definition) is 1. The van der Waals surface area contributed by atoms with E-state index in [1.165, 1.54) is 0 Å². The molecule has 1 aliphatic rings. The largest absolute Gasteiger partial charge is 0.367 e. The van der Waals surface area contributed by atoms with E-state index in [0.29, 0.717) is 18.5 Å². The monoisotopic (exact) mass is 435 g/mol. The molecule has 2 heterocycles. The van der Waals surface area contributed by atoms with Crippen molar-refractivity contribution in [3.63, 3.8) is 0 Å². The summed E-state index contributed by atoms with van der Waals surface area (Å²) in [6, 6.07) is 5.94. The molecule has 7 heteroatoms. The van der Waals surface area contributed by atoms with Gasteiger partial charge in [-0.2, -0.15) is 0 Å². The first-order valence-electron chi connectivity index (χ1n) is 9.16. The van der Waals surface area contributed by atoms with Crippen molar-refractivity contribution in [2.45, 2.75) is 40.3 Å². The summed E-state index contributed by atoms with van der Waals surface area (Å²) < 4.78 is 0.953. The first-order valence-corrected chi connectivity index (χ1v) is 9.95. The Bertz CT molecular complexity index is 903. The van der Waals surface area contributed by atoms with Crippen LogP contribution in [0.5, 0.6) is 0 Å². The van der Waals surface area contributed by atoms with E-state index in [1.54, 1.807) is 11.3 Å². The molecule has 0 amide bonds. The molecule has 0 bridgehead atoms. The van der Waals surface area contributed by atoms with Crippen LogP contribution in [0, 0.1) is 5.41 Å². The Balaban J connectivity index is 1.72. The Labute approximate surface area is 167 Å². The number of H-pyrrole nitrogens is 1. The maximum atomic E-state index is 12.1. The molecule has 146 valence electrons. The Morgan fingerprint density at radius 2 is 2.04 bits per heavy atom. The number of carbonyl (C=O) groups is 1. The second-order valence-corrected chi connectivity index (χ2v) is 9.08. The predicted molar refractivity (Wildman–Crippen MR) is 109 cm³/mol. The van der Waals surface area contributed by atoms with Crippen molar-refractivity contribution in [1.82, 2.24) is 14.9 Å². The zero-order chi connectivity index (χ0) is 19.8. The summed E-state index contributed by atoms with van der Waals surface area (Å²) in [4.78, 5) is 34.9. The molecule has 1 saturated heterocycles. The lowest BCUT2D eigenvalue weighted by Crippen LogP contribution is -2.52. The lowest BCUT2D eigenvalue weighted by atomic mass is 9.98. The fourth-order valence-corrected chi connectivity index (χ4v) is 3.53. The number of fused-ring (bicyclic) bond motifs is 1. The summed E-state index contributed by atoms with van der Waals surface area (Å²) in [6.07, 6.45) is 1.80. The minimum Gasteiger partial charge on any atom is -0.367 e. The fraction of sp³-hybridized carbons (Fsp3) is 0.500. The number of piperazine rings is 1. The smallest absolute Gasteiger partial charge is 0.330 e. The van der Waals surface area contributed by atoms with E-state index in [1.807, 2.05) is 39.0 Å². The van der Waals surface area contributed by atoms with Crippen molar-refractivity contribution >= 4 is 32.7 Å². The summed E-state index contributed by atoms with van der Waals surface area (Å²) in [7, 11) is 0. The zero-order valence-corrected chi connectivity index (χ0v) is 17.8. The van der Waals surface area contributed by atoms with Crippen molar-refractivity contribution in [2.24, 2.45) is 5.41 Å². The third-order valence-electron chi connectivity index (χ3n) is 4.88. The molecule has 1 N–H and O–H groups in total. The maximum Gasteiger partial charge on any atom is 0.330 e. The number of aromatic amines is 1. The fourth-order valence-electron chi connectivity index (χ4n) is 3.17. The molecule has 2 aromatic rings. The van der Waals surface area contributed by atoms with Crippen LogP contribution in [0.1, 0.15) is 33.3 Å². The van der Waals surface area contributed by atoms with Gasteiger partial charge in [0.1, 0.15) is 0 Å². The number of aromatic nitrogens is 1. The van der Waals surface area contributed by atoms with E-state index >= 15 is 0 Å². The van der Waals surface area contributed by atoms with E-state index in [4.69, 9.17) is 4.84 Å². The number of halogens is 1.